The zero-order valence-corrected chi connectivity index (χ0v) is 18.3. The maximum absolute atomic E-state index is 12.7. The first-order chi connectivity index (χ1) is 14.2. The Morgan fingerprint density at radius 1 is 0.867 bits per heavy atom. The summed E-state index contributed by atoms with van der Waals surface area (Å²) in [6.45, 7) is 8.34. The standard InChI is InChI=1S/C23H34N4O3/c1-23(2,3)21(29)26-13-9-17(10-14-26)20(28)24-19-11-15-27(16-12-19)22(30)25-18-7-5-4-6-8-18/h4-8,17,19H,9-16H2,1-3H3,(H,24,28)(H,25,30). The minimum Gasteiger partial charge on any atom is -0.353 e. The molecular formula is C23H34N4O3. The van der Waals surface area contributed by atoms with E-state index in [4.69, 9.17) is 0 Å². The van der Waals surface area contributed by atoms with Gasteiger partial charge < -0.3 is 20.4 Å². The minimum atomic E-state index is -0.379. The summed E-state index contributed by atoms with van der Waals surface area (Å²) in [4.78, 5) is 41.2. The number of piperidine rings is 2. The van der Waals surface area contributed by atoms with Crippen LogP contribution in [0.25, 0.3) is 0 Å². The molecule has 0 atom stereocenters. The van der Waals surface area contributed by atoms with Crippen LogP contribution in [0.15, 0.2) is 30.3 Å². The summed E-state index contributed by atoms with van der Waals surface area (Å²) in [7, 11) is 0. The van der Waals surface area contributed by atoms with E-state index in [1.807, 2.05) is 56.0 Å². The van der Waals surface area contributed by atoms with Crippen LogP contribution in [0.2, 0.25) is 0 Å². The fraction of sp³-hybridized carbons (Fsp3) is 0.609. The fourth-order valence-electron chi connectivity index (χ4n) is 4.09. The number of anilines is 1. The van der Waals surface area contributed by atoms with Crippen molar-refractivity contribution < 1.29 is 14.4 Å². The molecule has 164 valence electrons. The third kappa shape index (κ3) is 5.74. The third-order valence-corrected chi connectivity index (χ3v) is 5.95. The lowest BCUT2D eigenvalue weighted by atomic mass is 9.90. The zero-order valence-electron chi connectivity index (χ0n) is 18.3. The fourth-order valence-corrected chi connectivity index (χ4v) is 4.09. The topological polar surface area (TPSA) is 81.8 Å². The normalized spacial score (nSPS) is 18.8. The van der Waals surface area contributed by atoms with Crippen LogP contribution in [-0.4, -0.2) is 59.9 Å². The van der Waals surface area contributed by atoms with E-state index in [1.54, 1.807) is 4.90 Å². The second kappa shape index (κ2) is 9.49. The molecule has 2 fully saturated rings. The van der Waals surface area contributed by atoms with Gasteiger partial charge in [0.25, 0.3) is 0 Å². The van der Waals surface area contributed by atoms with E-state index in [0.29, 0.717) is 39.0 Å². The Morgan fingerprint density at radius 2 is 1.43 bits per heavy atom. The summed E-state index contributed by atoms with van der Waals surface area (Å²) in [6.07, 6.45) is 2.95. The SMILES string of the molecule is CC(C)(C)C(=O)N1CCC(C(=O)NC2CCN(C(=O)Nc3ccccc3)CC2)CC1. The van der Waals surface area contributed by atoms with Gasteiger partial charge >= 0.3 is 6.03 Å². The molecule has 4 amide bonds. The summed E-state index contributed by atoms with van der Waals surface area (Å²) >= 11 is 0. The van der Waals surface area contributed by atoms with E-state index in [1.165, 1.54) is 0 Å². The van der Waals surface area contributed by atoms with Crippen molar-refractivity contribution in [3.63, 3.8) is 0 Å². The Labute approximate surface area is 179 Å². The molecule has 1 aromatic carbocycles. The first-order valence-electron chi connectivity index (χ1n) is 10.9. The van der Waals surface area contributed by atoms with Gasteiger partial charge in [-0.25, -0.2) is 4.79 Å². The van der Waals surface area contributed by atoms with Crippen molar-refractivity contribution >= 4 is 23.5 Å². The van der Waals surface area contributed by atoms with Gasteiger partial charge in [-0.1, -0.05) is 39.0 Å². The summed E-state index contributed by atoms with van der Waals surface area (Å²) in [5.41, 5.74) is 0.407. The summed E-state index contributed by atoms with van der Waals surface area (Å²) in [5.74, 6) is 0.209. The Balaban J connectivity index is 1.39. The first-order valence-corrected chi connectivity index (χ1v) is 10.9. The lowest BCUT2D eigenvalue weighted by Gasteiger charge is -2.36. The van der Waals surface area contributed by atoms with Gasteiger partial charge in [-0.3, -0.25) is 9.59 Å². The van der Waals surface area contributed by atoms with Crippen LogP contribution in [0.4, 0.5) is 10.5 Å². The predicted octanol–water partition coefficient (Wildman–Crippen LogP) is 3.08. The number of nitrogens with one attached hydrogen (secondary N) is 2. The van der Waals surface area contributed by atoms with Crippen molar-refractivity contribution in [2.45, 2.75) is 52.5 Å². The van der Waals surface area contributed by atoms with Crippen LogP contribution in [0.5, 0.6) is 0 Å². The molecule has 2 heterocycles. The number of nitrogens with zero attached hydrogens (tertiary/aromatic N) is 2. The molecule has 2 saturated heterocycles. The van der Waals surface area contributed by atoms with Crippen LogP contribution in [0.3, 0.4) is 0 Å². The molecule has 7 nitrogen and oxygen atoms in total. The van der Waals surface area contributed by atoms with Gasteiger partial charge in [0.2, 0.25) is 11.8 Å². The number of urea groups is 1. The monoisotopic (exact) mass is 414 g/mol. The Morgan fingerprint density at radius 3 is 2.00 bits per heavy atom. The molecular weight excluding hydrogens is 380 g/mol. The van der Waals surface area contributed by atoms with Crippen LogP contribution in [-0.2, 0) is 9.59 Å². The highest BCUT2D eigenvalue weighted by atomic mass is 16.2. The number of para-hydroxylation sites is 1. The van der Waals surface area contributed by atoms with E-state index in [-0.39, 0.29) is 35.2 Å². The van der Waals surface area contributed by atoms with E-state index >= 15 is 0 Å². The van der Waals surface area contributed by atoms with Gasteiger partial charge in [0, 0.05) is 49.2 Å². The number of hydrogen-bond acceptors (Lipinski definition) is 3. The van der Waals surface area contributed by atoms with E-state index in [0.717, 1.165) is 18.5 Å². The van der Waals surface area contributed by atoms with Crippen LogP contribution in [0, 0.1) is 11.3 Å². The summed E-state index contributed by atoms with van der Waals surface area (Å²) in [5, 5.41) is 6.08. The zero-order chi connectivity index (χ0) is 21.7. The number of rotatable bonds is 3. The van der Waals surface area contributed by atoms with Gasteiger partial charge in [-0.15, -0.1) is 0 Å². The number of benzene rings is 1. The summed E-state index contributed by atoms with van der Waals surface area (Å²) < 4.78 is 0. The van der Waals surface area contributed by atoms with Gasteiger partial charge in [-0.05, 0) is 37.8 Å². The molecule has 0 spiro atoms. The largest absolute Gasteiger partial charge is 0.353 e. The lowest BCUT2D eigenvalue weighted by molar-refractivity contribution is -0.142. The Hall–Kier alpha value is -2.57. The van der Waals surface area contributed by atoms with Crippen molar-refractivity contribution in [2.75, 3.05) is 31.5 Å². The maximum atomic E-state index is 12.7. The quantitative estimate of drug-likeness (QED) is 0.797. The van der Waals surface area contributed by atoms with Crippen molar-refractivity contribution in [1.29, 1.82) is 0 Å². The lowest BCUT2D eigenvalue weighted by Crippen LogP contribution is -2.51. The highest BCUT2D eigenvalue weighted by molar-refractivity contribution is 5.89. The van der Waals surface area contributed by atoms with Gasteiger partial charge in [0.05, 0.1) is 0 Å². The molecule has 2 N–H and O–H groups in total. The van der Waals surface area contributed by atoms with E-state index < -0.39 is 0 Å². The molecule has 2 aliphatic rings. The molecule has 0 aromatic heterocycles. The van der Waals surface area contributed by atoms with E-state index in [2.05, 4.69) is 10.6 Å². The van der Waals surface area contributed by atoms with Crippen LogP contribution < -0.4 is 10.6 Å². The van der Waals surface area contributed by atoms with E-state index in [9.17, 15) is 14.4 Å². The number of hydrogen-bond donors (Lipinski definition) is 2. The molecule has 0 unspecified atom stereocenters. The third-order valence-electron chi connectivity index (χ3n) is 5.95. The van der Waals surface area contributed by atoms with Crippen molar-refractivity contribution in [3.05, 3.63) is 30.3 Å². The highest BCUT2D eigenvalue weighted by Gasteiger charge is 2.33. The average molecular weight is 415 g/mol. The first kappa shape index (κ1) is 22.1. The van der Waals surface area contributed by atoms with Gasteiger partial charge in [0.1, 0.15) is 0 Å². The van der Waals surface area contributed by atoms with Crippen LogP contribution in [0.1, 0.15) is 46.5 Å². The van der Waals surface area contributed by atoms with Crippen molar-refractivity contribution in [3.8, 4) is 0 Å². The predicted molar refractivity (Wildman–Crippen MR) is 117 cm³/mol. The molecule has 0 saturated carbocycles. The molecule has 1 aromatic rings. The molecule has 30 heavy (non-hydrogen) atoms. The second-order valence-electron chi connectivity index (χ2n) is 9.38. The smallest absolute Gasteiger partial charge is 0.321 e. The highest BCUT2D eigenvalue weighted by Crippen LogP contribution is 2.24. The molecule has 0 radical (unpaired) electrons. The number of likely N-dealkylation sites (tertiary alicyclic amines) is 2. The summed E-state index contributed by atoms with van der Waals surface area (Å²) in [6, 6.07) is 9.43. The molecule has 0 bridgehead atoms. The number of amides is 4. The van der Waals surface area contributed by atoms with Crippen LogP contribution >= 0.6 is 0 Å². The maximum Gasteiger partial charge on any atom is 0.321 e. The van der Waals surface area contributed by atoms with Gasteiger partial charge in [0.15, 0.2) is 0 Å². The number of carbonyl (C=O) groups excluding carboxylic acids is 3. The average Bonchev–Trinajstić information content (AvgIpc) is 2.74. The molecule has 0 aliphatic carbocycles. The molecule has 7 heteroatoms. The van der Waals surface area contributed by atoms with Gasteiger partial charge in [-0.2, -0.15) is 0 Å². The Kier molecular flexibility index (Phi) is 7.00. The molecule has 3 rings (SSSR count). The Bertz CT molecular complexity index is 743. The number of carbonyl (C=O) groups is 3. The minimum absolute atomic E-state index is 0.0339. The molecule has 2 aliphatic heterocycles. The van der Waals surface area contributed by atoms with Crippen molar-refractivity contribution in [1.82, 2.24) is 15.1 Å². The van der Waals surface area contributed by atoms with Crippen molar-refractivity contribution in [2.24, 2.45) is 11.3 Å². The second-order valence-corrected chi connectivity index (χ2v) is 9.38.